The first-order chi connectivity index (χ1) is 15.0. The van der Waals surface area contributed by atoms with Crippen LogP contribution in [0.3, 0.4) is 0 Å². The third kappa shape index (κ3) is 4.70. The molecule has 0 fully saturated rings. The summed E-state index contributed by atoms with van der Waals surface area (Å²) in [5.41, 5.74) is 4.65. The first-order valence-electron chi connectivity index (χ1n) is 10.1. The number of thiazole rings is 1. The molecule has 4 rings (SSSR count). The molecule has 2 unspecified atom stereocenters. The van der Waals surface area contributed by atoms with Crippen LogP contribution in [0, 0.1) is 11.3 Å². The minimum Gasteiger partial charge on any atom is -0.760 e. The van der Waals surface area contributed by atoms with E-state index in [9.17, 15) is 14.0 Å². The number of fused-ring (bicyclic) bond motifs is 1. The molecule has 0 saturated carbocycles. The smallest absolute Gasteiger partial charge is 0.137 e. The van der Waals surface area contributed by atoms with Gasteiger partial charge in [0.25, 0.3) is 0 Å². The van der Waals surface area contributed by atoms with Crippen LogP contribution in [0.4, 0.5) is 0 Å². The Bertz CT molecular complexity index is 1170. The van der Waals surface area contributed by atoms with Gasteiger partial charge in [-0.05, 0) is 68.0 Å². The number of hydrogen-bond acceptors (Lipinski definition) is 6. The van der Waals surface area contributed by atoms with Crippen molar-refractivity contribution in [2.75, 3.05) is 0 Å². The molecule has 160 valence electrons. The van der Waals surface area contributed by atoms with E-state index < -0.39 is 11.3 Å². The van der Waals surface area contributed by atoms with Crippen molar-refractivity contribution in [1.82, 2.24) is 9.71 Å². The zero-order valence-corrected chi connectivity index (χ0v) is 18.9. The van der Waals surface area contributed by atoms with Gasteiger partial charge in [0.2, 0.25) is 0 Å². The van der Waals surface area contributed by atoms with E-state index in [1.54, 1.807) is 11.3 Å². The van der Waals surface area contributed by atoms with Gasteiger partial charge < -0.3 is 9.29 Å². The van der Waals surface area contributed by atoms with Gasteiger partial charge in [-0.1, -0.05) is 18.2 Å². The summed E-state index contributed by atoms with van der Waals surface area (Å²) >= 11 is -0.735. The molecular formula is C23H22N3O3S2-. The fourth-order valence-corrected chi connectivity index (χ4v) is 5.40. The lowest BCUT2D eigenvalue weighted by molar-refractivity contribution is 0.242. The zero-order valence-electron chi connectivity index (χ0n) is 17.3. The van der Waals surface area contributed by atoms with Crippen LogP contribution < -0.4 is 9.46 Å². The number of nitrogens with one attached hydrogen (secondary N) is 1. The summed E-state index contributed by atoms with van der Waals surface area (Å²) in [6.45, 7) is 3.86. The molecule has 2 atom stereocenters. The SMILES string of the molecule is CC(C)Oc1ccc(-c2ncc(-c3cccc4c3CCCC4NS(=O)[O-])s2)cc1C#N. The average molecular weight is 453 g/mol. The second-order valence-electron chi connectivity index (χ2n) is 7.69. The Morgan fingerprint density at radius 1 is 1.35 bits per heavy atom. The van der Waals surface area contributed by atoms with Crippen LogP contribution in [0.5, 0.6) is 5.75 Å². The highest BCUT2D eigenvalue weighted by Crippen LogP contribution is 2.40. The molecule has 2 aromatic carbocycles. The number of ether oxygens (including phenoxy) is 1. The minimum atomic E-state index is -2.30. The van der Waals surface area contributed by atoms with Crippen molar-refractivity contribution in [3.05, 3.63) is 59.3 Å². The molecule has 0 radical (unpaired) electrons. The first kappa shape index (κ1) is 21.7. The summed E-state index contributed by atoms with van der Waals surface area (Å²) in [5, 5.41) is 10.3. The maximum Gasteiger partial charge on any atom is 0.137 e. The van der Waals surface area contributed by atoms with Gasteiger partial charge in [0.1, 0.15) is 16.8 Å². The van der Waals surface area contributed by atoms with E-state index in [4.69, 9.17) is 4.74 Å². The fraction of sp³-hybridized carbons (Fsp3) is 0.304. The maximum absolute atomic E-state index is 11.2. The molecule has 0 aliphatic heterocycles. The Balaban J connectivity index is 1.68. The number of hydrogen-bond donors (Lipinski definition) is 1. The molecule has 0 spiro atoms. The van der Waals surface area contributed by atoms with E-state index in [1.807, 2.05) is 50.4 Å². The lowest BCUT2D eigenvalue weighted by atomic mass is 9.85. The van der Waals surface area contributed by atoms with Gasteiger partial charge in [0.15, 0.2) is 0 Å². The van der Waals surface area contributed by atoms with Crippen LogP contribution in [-0.4, -0.2) is 19.8 Å². The lowest BCUT2D eigenvalue weighted by Crippen LogP contribution is -2.26. The standard InChI is InChI=1S/C23H23N3O3S2/c1-14(2)29-21-10-9-15(11-16(21)12-24)23-25-13-22(30-23)19-7-3-6-18-17(19)5-4-8-20(18)26-31(27)28/h3,6-7,9-11,13-14,20,26H,4-5,8H2,1-2H3,(H,27,28)/p-1. The third-order valence-corrected chi connectivity index (χ3v) is 6.78. The first-order valence-corrected chi connectivity index (χ1v) is 12.0. The number of nitriles is 1. The van der Waals surface area contributed by atoms with E-state index in [2.05, 4.69) is 21.8 Å². The fourth-order valence-electron chi connectivity index (χ4n) is 3.96. The van der Waals surface area contributed by atoms with Crippen LogP contribution in [0.25, 0.3) is 21.0 Å². The molecule has 0 saturated heterocycles. The molecule has 1 aromatic heterocycles. The monoisotopic (exact) mass is 452 g/mol. The topological polar surface area (TPSA) is 98.1 Å². The van der Waals surface area contributed by atoms with Gasteiger partial charge >= 0.3 is 0 Å². The summed E-state index contributed by atoms with van der Waals surface area (Å²) < 4.78 is 30.7. The molecule has 1 N–H and O–H groups in total. The van der Waals surface area contributed by atoms with Gasteiger partial charge in [-0.25, -0.2) is 9.71 Å². The minimum absolute atomic E-state index is 0.00831. The second kappa shape index (κ2) is 9.28. The molecular weight excluding hydrogens is 430 g/mol. The largest absolute Gasteiger partial charge is 0.760 e. The Morgan fingerprint density at radius 2 is 2.19 bits per heavy atom. The van der Waals surface area contributed by atoms with Crippen LogP contribution >= 0.6 is 11.3 Å². The van der Waals surface area contributed by atoms with Crippen LogP contribution in [0.1, 0.15) is 49.4 Å². The third-order valence-electron chi connectivity index (χ3n) is 5.23. The Hall–Kier alpha value is -2.57. The van der Waals surface area contributed by atoms with Crippen molar-refractivity contribution < 1.29 is 13.5 Å². The van der Waals surface area contributed by atoms with E-state index in [0.29, 0.717) is 11.3 Å². The van der Waals surface area contributed by atoms with Crippen molar-refractivity contribution in [3.8, 4) is 32.8 Å². The molecule has 31 heavy (non-hydrogen) atoms. The molecule has 1 heterocycles. The molecule has 1 aliphatic carbocycles. The number of rotatable bonds is 6. The number of benzene rings is 2. The Morgan fingerprint density at radius 3 is 2.94 bits per heavy atom. The van der Waals surface area contributed by atoms with Gasteiger partial charge in [-0.3, -0.25) is 4.21 Å². The average Bonchev–Trinajstić information content (AvgIpc) is 3.23. The van der Waals surface area contributed by atoms with Crippen molar-refractivity contribution in [3.63, 3.8) is 0 Å². The highest BCUT2D eigenvalue weighted by Gasteiger charge is 2.23. The lowest BCUT2D eigenvalue weighted by Gasteiger charge is -2.28. The predicted molar refractivity (Wildman–Crippen MR) is 121 cm³/mol. The summed E-state index contributed by atoms with van der Waals surface area (Å²) in [7, 11) is 0. The molecule has 8 heteroatoms. The summed E-state index contributed by atoms with van der Waals surface area (Å²) in [5.74, 6) is 0.574. The van der Waals surface area contributed by atoms with Crippen molar-refractivity contribution >= 4 is 22.6 Å². The molecule has 6 nitrogen and oxygen atoms in total. The van der Waals surface area contributed by atoms with Crippen LogP contribution in [0.15, 0.2) is 42.6 Å². The highest BCUT2D eigenvalue weighted by atomic mass is 32.2. The predicted octanol–water partition coefficient (Wildman–Crippen LogP) is 4.90. The van der Waals surface area contributed by atoms with Gasteiger partial charge in [-0.15, -0.1) is 11.3 Å². The second-order valence-corrected chi connectivity index (χ2v) is 9.43. The van der Waals surface area contributed by atoms with Crippen molar-refractivity contribution in [2.45, 2.75) is 45.3 Å². The van der Waals surface area contributed by atoms with E-state index in [1.165, 1.54) is 5.56 Å². The zero-order chi connectivity index (χ0) is 22.0. The van der Waals surface area contributed by atoms with Crippen molar-refractivity contribution in [2.24, 2.45) is 0 Å². The van der Waals surface area contributed by atoms with E-state index in [0.717, 1.165) is 45.8 Å². The van der Waals surface area contributed by atoms with Crippen LogP contribution in [0.2, 0.25) is 0 Å². The van der Waals surface area contributed by atoms with Gasteiger partial charge in [-0.2, -0.15) is 5.26 Å². The normalized spacial score (nSPS) is 16.5. The van der Waals surface area contributed by atoms with Crippen molar-refractivity contribution in [1.29, 1.82) is 5.26 Å². The Kier molecular flexibility index (Phi) is 6.49. The highest BCUT2D eigenvalue weighted by molar-refractivity contribution is 7.77. The van der Waals surface area contributed by atoms with E-state index >= 15 is 0 Å². The molecule has 1 aliphatic rings. The van der Waals surface area contributed by atoms with Crippen LogP contribution in [-0.2, 0) is 17.7 Å². The number of nitrogens with zero attached hydrogens (tertiary/aromatic N) is 2. The summed E-state index contributed by atoms with van der Waals surface area (Å²) in [6, 6.07) is 13.6. The maximum atomic E-state index is 11.2. The number of aromatic nitrogens is 1. The summed E-state index contributed by atoms with van der Waals surface area (Å²) in [6.07, 6.45) is 4.46. The van der Waals surface area contributed by atoms with Gasteiger partial charge in [0, 0.05) is 29.1 Å². The molecule has 0 amide bonds. The Labute approximate surface area is 188 Å². The summed E-state index contributed by atoms with van der Waals surface area (Å²) in [4.78, 5) is 5.62. The quantitative estimate of drug-likeness (QED) is 0.537. The van der Waals surface area contributed by atoms with Gasteiger partial charge in [0.05, 0.1) is 16.5 Å². The van der Waals surface area contributed by atoms with E-state index in [-0.39, 0.29) is 12.1 Å². The molecule has 3 aromatic rings. The molecule has 0 bridgehead atoms.